The van der Waals surface area contributed by atoms with Crippen LogP contribution in [0.15, 0.2) is 18.2 Å². The van der Waals surface area contributed by atoms with Gasteiger partial charge < -0.3 is 4.74 Å². The van der Waals surface area contributed by atoms with Gasteiger partial charge in [-0.15, -0.1) is 0 Å². The van der Waals surface area contributed by atoms with Crippen LogP contribution in [0, 0.1) is 28.6 Å². The number of nitrogens with zero attached hydrogens (tertiary/aromatic N) is 1. The Balaban J connectivity index is 1.68. The molecule has 3 aliphatic rings. The first-order chi connectivity index (χ1) is 10.7. The fourth-order valence-electron chi connectivity index (χ4n) is 5.99. The van der Waals surface area contributed by atoms with E-state index in [0.29, 0.717) is 17.4 Å². The Hall–Kier alpha value is -1.33. The first-order valence-corrected chi connectivity index (χ1v) is 8.73. The second-order valence-electron chi connectivity index (χ2n) is 7.79. The molecule has 0 heterocycles. The largest absolute Gasteiger partial charge is 0.381 e. The van der Waals surface area contributed by atoms with Crippen molar-refractivity contribution in [2.75, 3.05) is 7.11 Å². The number of methoxy groups -OCH3 is 1. The minimum atomic E-state index is 0.389. The predicted octanol–water partition coefficient (Wildman–Crippen LogP) is 4.43. The van der Waals surface area contributed by atoms with Crippen LogP contribution >= 0.6 is 0 Å². The summed E-state index contributed by atoms with van der Waals surface area (Å²) in [6.45, 7) is 2.48. The lowest BCUT2D eigenvalue weighted by atomic mass is 9.55. The van der Waals surface area contributed by atoms with Gasteiger partial charge in [0.2, 0.25) is 0 Å². The van der Waals surface area contributed by atoms with E-state index >= 15 is 0 Å². The monoisotopic (exact) mass is 295 g/mol. The van der Waals surface area contributed by atoms with Crippen molar-refractivity contribution in [3.8, 4) is 6.07 Å². The number of hydrogen-bond donors (Lipinski definition) is 0. The second kappa shape index (κ2) is 5.10. The molecule has 0 aromatic heterocycles. The molecule has 0 N–H and O–H groups in total. The Morgan fingerprint density at radius 3 is 2.86 bits per heavy atom. The van der Waals surface area contributed by atoms with Crippen LogP contribution in [0.3, 0.4) is 0 Å². The predicted molar refractivity (Wildman–Crippen MR) is 86.6 cm³/mol. The van der Waals surface area contributed by atoms with Crippen LogP contribution in [-0.4, -0.2) is 13.2 Å². The normalized spacial score (nSPS) is 39.5. The van der Waals surface area contributed by atoms with Crippen LogP contribution < -0.4 is 0 Å². The molecule has 0 bridgehead atoms. The van der Waals surface area contributed by atoms with Gasteiger partial charge in [0, 0.05) is 7.11 Å². The van der Waals surface area contributed by atoms with Gasteiger partial charge in [0.1, 0.15) is 0 Å². The van der Waals surface area contributed by atoms with Crippen molar-refractivity contribution in [2.24, 2.45) is 17.3 Å². The molecule has 116 valence electrons. The zero-order valence-corrected chi connectivity index (χ0v) is 13.6. The van der Waals surface area contributed by atoms with Crippen LogP contribution in [0.2, 0.25) is 0 Å². The van der Waals surface area contributed by atoms with Crippen molar-refractivity contribution >= 4 is 0 Å². The molecule has 5 atom stereocenters. The fraction of sp³-hybridized carbons (Fsp3) is 0.650. The van der Waals surface area contributed by atoms with Gasteiger partial charge in [0.25, 0.3) is 0 Å². The summed E-state index contributed by atoms with van der Waals surface area (Å²) < 4.78 is 5.83. The van der Waals surface area contributed by atoms with E-state index in [1.807, 2.05) is 13.2 Å². The summed E-state index contributed by atoms with van der Waals surface area (Å²) in [5.74, 6) is 2.35. The number of hydrogen-bond acceptors (Lipinski definition) is 2. The van der Waals surface area contributed by atoms with E-state index in [4.69, 9.17) is 10.00 Å². The average molecular weight is 295 g/mol. The number of nitriles is 1. The van der Waals surface area contributed by atoms with Crippen molar-refractivity contribution in [1.82, 2.24) is 0 Å². The summed E-state index contributed by atoms with van der Waals surface area (Å²) in [6, 6.07) is 8.68. The standard InChI is InChI=1S/C20H25NO/c1-20-10-9-16-15-5-3-13(12-21)11-14(15)4-6-17(16)18(20)7-8-19(20)22-2/h3,5,11,16-19H,4,6-10H2,1-2H3/t16?,17?,18?,19-,20-/m0/s1. The highest BCUT2D eigenvalue weighted by atomic mass is 16.5. The first kappa shape index (κ1) is 14.3. The minimum absolute atomic E-state index is 0.389. The van der Waals surface area contributed by atoms with Crippen molar-refractivity contribution in [3.05, 3.63) is 34.9 Å². The number of fused-ring (bicyclic) bond motifs is 5. The van der Waals surface area contributed by atoms with Crippen molar-refractivity contribution < 1.29 is 4.74 Å². The molecule has 2 nitrogen and oxygen atoms in total. The van der Waals surface area contributed by atoms with Gasteiger partial charge in [-0.2, -0.15) is 5.26 Å². The van der Waals surface area contributed by atoms with Crippen molar-refractivity contribution in [3.63, 3.8) is 0 Å². The van der Waals surface area contributed by atoms with E-state index < -0.39 is 0 Å². The number of aryl methyl sites for hydroxylation is 1. The number of benzene rings is 1. The molecule has 2 heteroatoms. The molecule has 3 unspecified atom stereocenters. The molecule has 0 radical (unpaired) electrons. The third kappa shape index (κ3) is 1.88. The molecule has 1 aromatic rings. The summed E-state index contributed by atoms with van der Waals surface area (Å²) in [4.78, 5) is 0. The first-order valence-electron chi connectivity index (χ1n) is 8.73. The number of ether oxygens (including phenoxy) is 1. The molecule has 2 saturated carbocycles. The lowest BCUT2D eigenvalue weighted by molar-refractivity contribution is -0.0444. The van der Waals surface area contributed by atoms with Crippen molar-refractivity contribution in [2.45, 2.75) is 57.5 Å². The Labute approximate surface area is 133 Å². The summed E-state index contributed by atoms with van der Waals surface area (Å²) in [5, 5.41) is 9.12. The number of rotatable bonds is 1. The summed E-state index contributed by atoms with van der Waals surface area (Å²) in [7, 11) is 1.89. The summed E-state index contributed by atoms with van der Waals surface area (Å²) in [5.41, 5.74) is 4.18. The maximum Gasteiger partial charge on any atom is 0.0991 e. The maximum atomic E-state index is 9.12. The Bertz CT molecular complexity index is 631. The third-order valence-electron chi connectivity index (χ3n) is 7.05. The van der Waals surface area contributed by atoms with Crippen LogP contribution in [0.25, 0.3) is 0 Å². The van der Waals surface area contributed by atoms with Crippen LogP contribution in [0.5, 0.6) is 0 Å². The van der Waals surface area contributed by atoms with Crippen LogP contribution in [0.4, 0.5) is 0 Å². The second-order valence-corrected chi connectivity index (χ2v) is 7.79. The summed E-state index contributed by atoms with van der Waals surface area (Å²) in [6.07, 6.45) is 8.05. The maximum absolute atomic E-state index is 9.12. The minimum Gasteiger partial charge on any atom is -0.381 e. The third-order valence-corrected chi connectivity index (χ3v) is 7.05. The van der Waals surface area contributed by atoms with E-state index in [2.05, 4.69) is 25.1 Å². The highest BCUT2D eigenvalue weighted by Crippen LogP contribution is 2.61. The van der Waals surface area contributed by atoms with E-state index in [1.54, 1.807) is 0 Å². The van der Waals surface area contributed by atoms with Crippen molar-refractivity contribution in [1.29, 1.82) is 5.26 Å². The zero-order chi connectivity index (χ0) is 15.3. The highest BCUT2D eigenvalue weighted by Gasteiger charge is 2.54. The smallest absolute Gasteiger partial charge is 0.0991 e. The Morgan fingerprint density at radius 1 is 1.23 bits per heavy atom. The van der Waals surface area contributed by atoms with Gasteiger partial charge >= 0.3 is 0 Å². The van der Waals surface area contributed by atoms with Crippen LogP contribution in [-0.2, 0) is 11.2 Å². The fourth-order valence-corrected chi connectivity index (χ4v) is 5.99. The molecular formula is C20H25NO. The van der Waals surface area contributed by atoms with Gasteiger partial charge in [-0.3, -0.25) is 0 Å². The SMILES string of the molecule is CO[C@H]1CCC2C3CCc4cc(C#N)ccc4C3CC[C@@]21C. The molecule has 3 aliphatic carbocycles. The molecule has 1 aromatic carbocycles. The van der Waals surface area contributed by atoms with E-state index in [1.165, 1.54) is 43.2 Å². The Morgan fingerprint density at radius 2 is 2.09 bits per heavy atom. The van der Waals surface area contributed by atoms with Gasteiger partial charge in [0.05, 0.1) is 17.7 Å². The quantitative estimate of drug-likeness (QED) is 0.768. The molecule has 0 amide bonds. The van der Waals surface area contributed by atoms with Crippen LogP contribution in [0.1, 0.15) is 61.6 Å². The zero-order valence-electron chi connectivity index (χ0n) is 13.6. The molecular weight excluding hydrogens is 270 g/mol. The molecule has 2 fully saturated rings. The molecule has 4 rings (SSSR count). The molecule has 0 aliphatic heterocycles. The summed E-state index contributed by atoms with van der Waals surface area (Å²) >= 11 is 0. The topological polar surface area (TPSA) is 33.0 Å². The van der Waals surface area contributed by atoms with E-state index in [9.17, 15) is 0 Å². The van der Waals surface area contributed by atoms with E-state index in [0.717, 1.165) is 23.8 Å². The lowest BCUT2D eigenvalue weighted by Gasteiger charge is -2.50. The molecule has 0 spiro atoms. The van der Waals surface area contributed by atoms with Gasteiger partial charge in [-0.1, -0.05) is 13.0 Å². The van der Waals surface area contributed by atoms with Gasteiger partial charge in [-0.05, 0) is 85.0 Å². The molecule has 0 saturated heterocycles. The lowest BCUT2D eigenvalue weighted by Crippen LogP contribution is -2.44. The van der Waals surface area contributed by atoms with Gasteiger partial charge in [0.15, 0.2) is 0 Å². The molecule has 22 heavy (non-hydrogen) atoms. The van der Waals surface area contributed by atoms with E-state index in [-0.39, 0.29) is 0 Å². The highest BCUT2D eigenvalue weighted by molar-refractivity contribution is 5.42. The Kier molecular flexibility index (Phi) is 3.31. The van der Waals surface area contributed by atoms with Gasteiger partial charge in [-0.25, -0.2) is 0 Å². The average Bonchev–Trinajstić information content (AvgIpc) is 2.90.